The van der Waals surface area contributed by atoms with E-state index in [1.165, 1.54) is 30.4 Å². The first kappa shape index (κ1) is 14.9. The minimum atomic E-state index is 0. The van der Waals surface area contributed by atoms with Crippen LogP contribution in [0, 0.1) is 5.92 Å². The molecule has 1 aliphatic heterocycles. The van der Waals surface area contributed by atoms with Crippen LogP contribution in [-0.4, -0.2) is 29.9 Å². The lowest BCUT2D eigenvalue weighted by Crippen LogP contribution is -2.35. The fourth-order valence-electron chi connectivity index (χ4n) is 4.36. The molecule has 1 spiro atoms. The van der Waals surface area contributed by atoms with Crippen LogP contribution in [-0.2, 0) is 16.6 Å². The molecule has 2 N–H and O–H groups in total. The zero-order valence-corrected chi connectivity index (χ0v) is 13.1. The van der Waals surface area contributed by atoms with Crippen LogP contribution in [0.5, 0.6) is 0 Å². The summed E-state index contributed by atoms with van der Waals surface area (Å²) in [7, 11) is 0. The molecular formula is C17H23ClN2O. The number of likely N-dealkylation sites (tertiary alicyclic amines) is 1. The Labute approximate surface area is 132 Å². The minimum absolute atomic E-state index is 0. The lowest BCUT2D eigenvalue weighted by Gasteiger charge is -2.27. The second-order valence-electron chi connectivity index (χ2n) is 6.76. The monoisotopic (exact) mass is 306 g/mol. The topological polar surface area (TPSA) is 46.3 Å². The molecule has 4 heteroatoms. The van der Waals surface area contributed by atoms with Crippen LogP contribution in [0.3, 0.4) is 0 Å². The van der Waals surface area contributed by atoms with Crippen molar-refractivity contribution in [3.8, 4) is 0 Å². The molecule has 114 valence electrons. The van der Waals surface area contributed by atoms with Gasteiger partial charge in [0.15, 0.2) is 0 Å². The molecule has 2 unspecified atom stereocenters. The number of nitrogens with two attached hydrogens (primary N) is 1. The van der Waals surface area contributed by atoms with Crippen molar-refractivity contribution >= 4 is 18.3 Å². The molecule has 1 amide bonds. The molecule has 3 nitrogen and oxygen atoms in total. The van der Waals surface area contributed by atoms with Gasteiger partial charge < -0.3 is 10.6 Å². The number of nitrogens with zero attached hydrogens (tertiary/aromatic N) is 1. The number of halogens is 1. The maximum atomic E-state index is 12.7. The molecule has 2 aliphatic carbocycles. The summed E-state index contributed by atoms with van der Waals surface area (Å²) in [6.07, 6.45) is 5.59. The van der Waals surface area contributed by atoms with Crippen LogP contribution in [0.15, 0.2) is 24.3 Å². The van der Waals surface area contributed by atoms with Gasteiger partial charge in [0, 0.05) is 30.5 Å². The summed E-state index contributed by atoms with van der Waals surface area (Å²) in [5.74, 6) is 0.573. The van der Waals surface area contributed by atoms with Crippen molar-refractivity contribution < 1.29 is 4.79 Å². The summed E-state index contributed by atoms with van der Waals surface area (Å²) in [5, 5.41) is 0. The summed E-state index contributed by atoms with van der Waals surface area (Å²) in [6, 6.07) is 8.92. The Morgan fingerprint density at radius 3 is 2.90 bits per heavy atom. The van der Waals surface area contributed by atoms with Gasteiger partial charge in [-0.3, -0.25) is 4.79 Å². The van der Waals surface area contributed by atoms with Gasteiger partial charge in [0.1, 0.15) is 0 Å². The molecule has 0 radical (unpaired) electrons. The first-order valence-corrected chi connectivity index (χ1v) is 7.83. The number of amides is 1. The Hall–Kier alpha value is -1.06. The highest BCUT2D eigenvalue weighted by Gasteiger charge is 2.61. The van der Waals surface area contributed by atoms with Crippen LogP contribution in [0.4, 0.5) is 0 Å². The van der Waals surface area contributed by atoms with E-state index in [1.54, 1.807) is 0 Å². The Kier molecular flexibility index (Phi) is 3.74. The van der Waals surface area contributed by atoms with Gasteiger partial charge in [-0.15, -0.1) is 12.4 Å². The Morgan fingerprint density at radius 2 is 2.14 bits per heavy atom. The van der Waals surface area contributed by atoms with Gasteiger partial charge >= 0.3 is 0 Å². The molecule has 1 aromatic rings. The molecule has 1 saturated heterocycles. The third-order valence-electron chi connectivity index (χ3n) is 5.53. The number of carbonyl (C=O) groups excluding carboxylic acids is 1. The molecule has 3 atom stereocenters. The lowest BCUT2D eigenvalue weighted by molar-refractivity contribution is -0.132. The van der Waals surface area contributed by atoms with E-state index in [0.29, 0.717) is 5.91 Å². The average Bonchev–Trinajstić information content (AvgIpc) is 3.01. The number of rotatable bonds is 1. The average molecular weight is 307 g/mol. The van der Waals surface area contributed by atoms with Crippen molar-refractivity contribution in [3.05, 3.63) is 35.4 Å². The third-order valence-corrected chi connectivity index (χ3v) is 5.53. The molecule has 3 aliphatic rings. The second kappa shape index (κ2) is 5.29. The van der Waals surface area contributed by atoms with Crippen LogP contribution in [0.1, 0.15) is 36.8 Å². The van der Waals surface area contributed by atoms with Gasteiger partial charge in [0.25, 0.3) is 0 Å². The number of fused-ring (bicyclic) bond motifs is 2. The van der Waals surface area contributed by atoms with Crippen LogP contribution in [0.25, 0.3) is 0 Å². The Morgan fingerprint density at radius 1 is 1.33 bits per heavy atom. The van der Waals surface area contributed by atoms with Crippen molar-refractivity contribution in [2.45, 2.75) is 43.6 Å². The maximum Gasteiger partial charge on any atom is 0.226 e. The molecule has 1 aromatic carbocycles. The quantitative estimate of drug-likeness (QED) is 0.865. The van der Waals surface area contributed by atoms with E-state index in [9.17, 15) is 4.79 Å². The van der Waals surface area contributed by atoms with Crippen molar-refractivity contribution in [1.82, 2.24) is 4.90 Å². The molecule has 4 rings (SSSR count). The SMILES string of the molecule is Cl.N[C@@H]1CCN(C(=O)C2CC23CCCc2ccccc23)C1. The van der Waals surface area contributed by atoms with Crippen molar-refractivity contribution in [2.24, 2.45) is 11.7 Å². The Balaban J connectivity index is 0.00000132. The predicted octanol–water partition coefficient (Wildman–Crippen LogP) is 2.26. The van der Waals surface area contributed by atoms with E-state index >= 15 is 0 Å². The number of benzene rings is 1. The van der Waals surface area contributed by atoms with Crippen LogP contribution >= 0.6 is 12.4 Å². The van der Waals surface area contributed by atoms with Crippen molar-refractivity contribution in [2.75, 3.05) is 13.1 Å². The highest BCUT2D eigenvalue weighted by molar-refractivity contribution is 5.85. The second-order valence-corrected chi connectivity index (χ2v) is 6.76. The number of hydrogen-bond donors (Lipinski definition) is 1. The molecule has 0 aromatic heterocycles. The maximum absolute atomic E-state index is 12.7. The summed E-state index contributed by atoms with van der Waals surface area (Å²) in [5.41, 5.74) is 9.02. The summed E-state index contributed by atoms with van der Waals surface area (Å²) in [4.78, 5) is 14.7. The highest BCUT2D eigenvalue weighted by Crippen LogP contribution is 2.60. The zero-order chi connectivity index (χ0) is 13.7. The normalized spacial score (nSPS) is 33.5. The van der Waals surface area contributed by atoms with Gasteiger partial charge in [0.2, 0.25) is 5.91 Å². The van der Waals surface area contributed by atoms with E-state index < -0.39 is 0 Å². The first-order chi connectivity index (χ1) is 9.71. The fourth-order valence-corrected chi connectivity index (χ4v) is 4.36. The number of aryl methyl sites for hydroxylation is 1. The molecule has 1 heterocycles. The van der Waals surface area contributed by atoms with Crippen LogP contribution < -0.4 is 5.73 Å². The van der Waals surface area contributed by atoms with E-state index in [4.69, 9.17) is 5.73 Å². The highest BCUT2D eigenvalue weighted by atomic mass is 35.5. The first-order valence-electron chi connectivity index (χ1n) is 7.83. The third kappa shape index (κ3) is 2.27. The van der Waals surface area contributed by atoms with Gasteiger partial charge in [0.05, 0.1) is 0 Å². The summed E-state index contributed by atoms with van der Waals surface area (Å²) < 4.78 is 0. The standard InChI is InChI=1S/C17H22N2O.ClH/c18-13-7-9-19(11-13)16(20)15-10-17(15)8-3-5-12-4-1-2-6-14(12)17;/h1-2,4,6,13,15H,3,5,7-11,18H2;1H/t13-,15?,17?;/m1./s1. The van der Waals surface area contributed by atoms with E-state index in [2.05, 4.69) is 24.3 Å². The predicted molar refractivity (Wildman–Crippen MR) is 85.6 cm³/mol. The molecular weight excluding hydrogens is 284 g/mol. The number of carbonyl (C=O) groups is 1. The van der Waals surface area contributed by atoms with Crippen molar-refractivity contribution in [3.63, 3.8) is 0 Å². The fraction of sp³-hybridized carbons (Fsp3) is 0.588. The van der Waals surface area contributed by atoms with E-state index in [1.807, 2.05) is 4.90 Å². The van der Waals surface area contributed by atoms with Gasteiger partial charge in [-0.25, -0.2) is 0 Å². The molecule has 1 saturated carbocycles. The summed E-state index contributed by atoms with van der Waals surface area (Å²) >= 11 is 0. The minimum Gasteiger partial charge on any atom is -0.341 e. The number of hydrogen-bond acceptors (Lipinski definition) is 2. The zero-order valence-electron chi connectivity index (χ0n) is 12.3. The van der Waals surface area contributed by atoms with Gasteiger partial charge in [-0.1, -0.05) is 24.3 Å². The smallest absolute Gasteiger partial charge is 0.226 e. The van der Waals surface area contributed by atoms with E-state index in [0.717, 1.165) is 25.9 Å². The lowest BCUT2D eigenvalue weighted by atomic mass is 9.78. The van der Waals surface area contributed by atoms with Crippen molar-refractivity contribution in [1.29, 1.82) is 0 Å². The van der Waals surface area contributed by atoms with Gasteiger partial charge in [-0.2, -0.15) is 0 Å². The largest absolute Gasteiger partial charge is 0.341 e. The molecule has 0 bridgehead atoms. The Bertz CT molecular complexity index is 561. The van der Waals surface area contributed by atoms with Crippen LogP contribution in [0.2, 0.25) is 0 Å². The molecule has 21 heavy (non-hydrogen) atoms. The summed E-state index contributed by atoms with van der Waals surface area (Å²) in [6.45, 7) is 1.61. The van der Waals surface area contributed by atoms with E-state index in [-0.39, 0.29) is 29.8 Å². The van der Waals surface area contributed by atoms with Gasteiger partial charge in [-0.05, 0) is 43.2 Å². The molecule has 2 fully saturated rings.